The molecular weight excluding hydrogens is 228 g/mol. The smallest absolute Gasteiger partial charge is 0.227 e. The van der Waals surface area contributed by atoms with Gasteiger partial charge in [-0.2, -0.15) is 0 Å². The molecule has 2 rings (SSSR count). The molecule has 0 atom stereocenters. The molecule has 0 bridgehead atoms. The normalized spacial score (nSPS) is 10.3. The fraction of sp³-hybridized carbons (Fsp3) is 0.286. The first-order valence-electron chi connectivity index (χ1n) is 6.03. The summed E-state index contributed by atoms with van der Waals surface area (Å²) < 4.78 is 4.88. The zero-order chi connectivity index (χ0) is 12.8. The van der Waals surface area contributed by atoms with Crippen LogP contribution in [-0.4, -0.2) is 17.4 Å². The van der Waals surface area contributed by atoms with Crippen LogP contribution in [0, 0.1) is 0 Å². The van der Waals surface area contributed by atoms with E-state index < -0.39 is 0 Å². The number of hydrogen-bond acceptors (Lipinski definition) is 3. The second kappa shape index (κ2) is 6.00. The van der Waals surface area contributed by atoms with E-state index in [0.717, 1.165) is 11.4 Å². The largest absolute Gasteiger partial charge is 0.451 e. The third-order valence-electron chi connectivity index (χ3n) is 2.76. The Labute approximate surface area is 106 Å². The molecule has 0 saturated heterocycles. The van der Waals surface area contributed by atoms with E-state index in [2.05, 4.69) is 4.98 Å². The van der Waals surface area contributed by atoms with Crippen LogP contribution in [0.2, 0.25) is 0 Å². The van der Waals surface area contributed by atoms with Crippen LogP contribution in [0.25, 0.3) is 0 Å². The SMILES string of the molecule is CCN(C(=O)CCc1cocn1)c1ccccc1. The van der Waals surface area contributed by atoms with Crippen LogP contribution < -0.4 is 4.90 Å². The summed E-state index contributed by atoms with van der Waals surface area (Å²) in [6, 6.07) is 9.69. The Bertz CT molecular complexity index is 480. The topological polar surface area (TPSA) is 46.3 Å². The second-order valence-electron chi connectivity index (χ2n) is 3.95. The molecule has 0 aliphatic rings. The van der Waals surface area contributed by atoms with Gasteiger partial charge in [-0.3, -0.25) is 4.79 Å². The molecule has 2 aromatic rings. The number of carbonyl (C=O) groups excluding carboxylic acids is 1. The Morgan fingerprint density at radius 2 is 2.11 bits per heavy atom. The van der Waals surface area contributed by atoms with Crippen molar-refractivity contribution in [2.24, 2.45) is 0 Å². The zero-order valence-corrected chi connectivity index (χ0v) is 10.4. The highest BCUT2D eigenvalue weighted by Crippen LogP contribution is 2.14. The number of benzene rings is 1. The number of anilines is 1. The molecule has 1 aromatic carbocycles. The van der Waals surface area contributed by atoms with Crippen molar-refractivity contribution in [3.05, 3.63) is 48.7 Å². The van der Waals surface area contributed by atoms with E-state index in [9.17, 15) is 4.79 Å². The number of carbonyl (C=O) groups is 1. The second-order valence-corrected chi connectivity index (χ2v) is 3.95. The lowest BCUT2D eigenvalue weighted by Gasteiger charge is -2.20. The Balaban J connectivity index is 1.98. The molecule has 0 fully saturated rings. The molecule has 0 unspecified atom stereocenters. The van der Waals surface area contributed by atoms with Crippen molar-refractivity contribution in [1.82, 2.24) is 4.98 Å². The molecule has 0 N–H and O–H groups in total. The van der Waals surface area contributed by atoms with Crippen LogP contribution in [0.1, 0.15) is 19.0 Å². The molecule has 0 radical (unpaired) electrons. The molecule has 94 valence electrons. The van der Waals surface area contributed by atoms with E-state index in [1.165, 1.54) is 6.39 Å². The molecule has 4 nitrogen and oxygen atoms in total. The third-order valence-corrected chi connectivity index (χ3v) is 2.76. The maximum absolute atomic E-state index is 12.1. The Hall–Kier alpha value is -2.10. The number of aromatic nitrogens is 1. The van der Waals surface area contributed by atoms with Crippen molar-refractivity contribution in [3.8, 4) is 0 Å². The van der Waals surface area contributed by atoms with Gasteiger partial charge in [0.15, 0.2) is 6.39 Å². The average Bonchev–Trinajstić information content (AvgIpc) is 2.92. The Kier molecular flexibility index (Phi) is 4.12. The first kappa shape index (κ1) is 12.4. The predicted octanol–water partition coefficient (Wildman–Crippen LogP) is 2.66. The van der Waals surface area contributed by atoms with Crippen molar-refractivity contribution in [3.63, 3.8) is 0 Å². The summed E-state index contributed by atoms with van der Waals surface area (Å²) >= 11 is 0. The standard InChI is InChI=1S/C14H16N2O2/c1-2-16(13-6-4-3-5-7-13)14(17)9-8-12-10-18-11-15-12/h3-7,10-11H,2,8-9H2,1H3. The van der Waals surface area contributed by atoms with Gasteiger partial charge in [0, 0.05) is 25.1 Å². The monoisotopic (exact) mass is 244 g/mol. The Morgan fingerprint density at radius 1 is 1.33 bits per heavy atom. The minimum Gasteiger partial charge on any atom is -0.451 e. The van der Waals surface area contributed by atoms with Gasteiger partial charge in [-0.25, -0.2) is 4.98 Å². The Morgan fingerprint density at radius 3 is 2.72 bits per heavy atom. The molecule has 1 amide bonds. The molecule has 0 spiro atoms. The summed E-state index contributed by atoms with van der Waals surface area (Å²) in [5.74, 6) is 0.103. The summed E-state index contributed by atoms with van der Waals surface area (Å²) in [5, 5.41) is 0. The highest BCUT2D eigenvalue weighted by atomic mass is 16.3. The molecule has 0 aliphatic carbocycles. The molecular formula is C14H16N2O2. The van der Waals surface area contributed by atoms with E-state index in [1.807, 2.05) is 37.3 Å². The average molecular weight is 244 g/mol. The molecule has 18 heavy (non-hydrogen) atoms. The molecule has 0 aliphatic heterocycles. The predicted molar refractivity (Wildman–Crippen MR) is 69.3 cm³/mol. The van der Waals surface area contributed by atoms with Gasteiger partial charge < -0.3 is 9.32 Å². The van der Waals surface area contributed by atoms with Crippen molar-refractivity contribution in [2.75, 3.05) is 11.4 Å². The minimum absolute atomic E-state index is 0.103. The summed E-state index contributed by atoms with van der Waals surface area (Å²) in [6.45, 7) is 2.64. The zero-order valence-electron chi connectivity index (χ0n) is 10.4. The van der Waals surface area contributed by atoms with Gasteiger partial charge >= 0.3 is 0 Å². The fourth-order valence-corrected chi connectivity index (χ4v) is 1.84. The quantitative estimate of drug-likeness (QED) is 0.812. The van der Waals surface area contributed by atoms with Crippen molar-refractivity contribution in [2.45, 2.75) is 19.8 Å². The van der Waals surface area contributed by atoms with Gasteiger partial charge in [-0.05, 0) is 19.1 Å². The van der Waals surface area contributed by atoms with Gasteiger partial charge in [0.05, 0.1) is 5.69 Å². The molecule has 0 saturated carbocycles. The highest BCUT2D eigenvalue weighted by Gasteiger charge is 2.13. The van der Waals surface area contributed by atoms with E-state index in [1.54, 1.807) is 11.2 Å². The van der Waals surface area contributed by atoms with Crippen molar-refractivity contribution in [1.29, 1.82) is 0 Å². The summed E-state index contributed by atoms with van der Waals surface area (Å²) in [4.78, 5) is 17.9. The number of amides is 1. The van der Waals surface area contributed by atoms with E-state index in [4.69, 9.17) is 4.42 Å². The van der Waals surface area contributed by atoms with Crippen LogP contribution in [0.15, 0.2) is 47.4 Å². The molecule has 1 heterocycles. The van der Waals surface area contributed by atoms with Crippen LogP contribution in [0.3, 0.4) is 0 Å². The van der Waals surface area contributed by atoms with E-state index in [-0.39, 0.29) is 5.91 Å². The lowest BCUT2D eigenvalue weighted by molar-refractivity contribution is -0.118. The van der Waals surface area contributed by atoms with Gasteiger partial charge in [0.2, 0.25) is 5.91 Å². The van der Waals surface area contributed by atoms with Crippen molar-refractivity contribution < 1.29 is 9.21 Å². The van der Waals surface area contributed by atoms with Gasteiger partial charge in [0.1, 0.15) is 6.26 Å². The lowest BCUT2D eigenvalue weighted by Crippen LogP contribution is -2.30. The number of para-hydroxylation sites is 1. The third kappa shape index (κ3) is 2.97. The number of hydrogen-bond donors (Lipinski definition) is 0. The van der Waals surface area contributed by atoms with Gasteiger partial charge in [0.25, 0.3) is 0 Å². The van der Waals surface area contributed by atoms with Crippen LogP contribution in [0.4, 0.5) is 5.69 Å². The molecule has 4 heteroatoms. The van der Waals surface area contributed by atoms with E-state index in [0.29, 0.717) is 19.4 Å². The van der Waals surface area contributed by atoms with Crippen LogP contribution in [-0.2, 0) is 11.2 Å². The number of aryl methyl sites for hydroxylation is 1. The van der Waals surface area contributed by atoms with Crippen LogP contribution in [0.5, 0.6) is 0 Å². The first-order chi connectivity index (χ1) is 8.81. The highest BCUT2D eigenvalue weighted by molar-refractivity contribution is 5.93. The van der Waals surface area contributed by atoms with Crippen LogP contribution >= 0.6 is 0 Å². The molecule has 1 aromatic heterocycles. The fourth-order valence-electron chi connectivity index (χ4n) is 1.84. The maximum atomic E-state index is 12.1. The maximum Gasteiger partial charge on any atom is 0.227 e. The minimum atomic E-state index is 0.103. The summed E-state index contributed by atoms with van der Waals surface area (Å²) in [6.07, 6.45) is 4.01. The van der Waals surface area contributed by atoms with Gasteiger partial charge in [-0.1, -0.05) is 18.2 Å². The summed E-state index contributed by atoms with van der Waals surface area (Å²) in [7, 11) is 0. The lowest BCUT2D eigenvalue weighted by atomic mass is 10.2. The summed E-state index contributed by atoms with van der Waals surface area (Å²) in [5.41, 5.74) is 1.75. The number of oxazole rings is 1. The van der Waals surface area contributed by atoms with E-state index >= 15 is 0 Å². The number of nitrogens with zero attached hydrogens (tertiary/aromatic N) is 2. The van der Waals surface area contributed by atoms with Gasteiger partial charge in [-0.15, -0.1) is 0 Å². The van der Waals surface area contributed by atoms with Crippen molar-refractivity contribution >= 4 is 11.6 Å². The first-order valence-corrected chi connectivity index (χ1v) is 6.03. The number of rotatable bonds is 5.